The fraction of sp³-hybridized carbons (Fsp3) is 0.172. The fourth-order valence-corrected chi connectivity index (χ4v) is 8.14. The van der Waals surface area contributed by atoms with E-state index in [4.69, 9.17) is 11.6 Å². The molecule has 3 amide bonds. The van der Waals surface area contributed by atoms with E-state index in [2.05, 4.69) is 5.32 Å². The van der Waals surface area contributed by atoms with Crippen LogP contribution in [0.25, 0.3) is 0 Å². The maximum absolute atomic E-state index is 13.8. The number of hydrogen-bond acceptors (Lipinski definition) is 6. The predicted octanol–water partition coefficient (Wildman–Crippen LogP) is 6.02. The van der Waals surface area contributed by atoms with Crippen LogP contribution in [0.2, 0.25) is 5.02 Å². The number of imide groups is 1. The number of aromatic nitrogens is 1. The van der Waals surface area contributed by atoms with Crippen molar-refractivity contribution in [3.05, 3.63) is 110 Å². The van der Waals surface area contributed by atoms with Crippen LogP contribution < -0.4 is 15.1 Å². The van der Waals surface area contributed by atoms with Gasteiger partial charge in [-0.1, -0.05) is 71.1 Å². The number of amides is 3. The van der Waals surface area contributed by atoms with E-state index in [1.165, 1.54) is 16.7 Å². The molecule has 0 unspecified atom stereocenters. The van der Waals surface area contributed by atoms with Crippen LogP contribution in [0, 0.1) is 5.92 Å². The van der Waals surface area contributed by atoms with Gasteiger partial charge in [-0.2, -0.15) is 13.2 Å². The molecular formula is C29H19ClF3N3O4S2. The van der Waals surface area contributed by atoms with Gasteiger partial charge in [0.25, 0.3) is 0 Å². The minimum absolute atomic E-state index is 0.0722. The van der Waals surface area contributed by atoms with Crippen LogP contribution in [0.4, 0.5) is 24.5 Å². The van der Waals surface area contributed by atoms with Gasteiger partial charge < -0.3 is 5.32 Å². The second-order valence-corrected chi connectivity index (χ2v) is 12.3. The molecule has 3 atom stereocenters. The van der Waals surface area contributed by atoms with Crippen molar-refractivity contribution in [2.45, 2.75) is 28.9 Å². The number of alkyl halides is 3. The Morgan fingerprint density at radius 3 is 2.33 bits per heavy atom. The summed E-state index contributed by atoms with van der Waals surface area (Å²) in [4.78, 5) is 54.9. The molecule has 214 valence electrons. The fourth-order valence-electron chi connectivity index (χ4n) is 5.24. The maximum Gasteiger partial charge on any atom is 0.416 e. The third kappa shape index (κ3) is 5.03. The summed E-state index contributed by atoms with van der Waals surface area (Å²) in [6.45, 7) is -0.490. The third-order valence-electron chi connectivity index (χ3n) is 7.07. The summed E-state index contributed by atoms with van der Waals surface area (Å²) in [7, 11) is 0. The minimum Gasteiger partial charge on any atom is -0.325 e. The lowest BCUT2D eigenvalue weighted by Gasteiger charge is -2.30. The van der Waals surface area contributed by atoms with Crippen molar-refractivity contribution < 1.29 is 27.6 Å². The van der Waals surface area contributed by atoms with E-state index in [1.807, 2.05) is 18.2 Å². The van der Waals surface area contributed by atoms with E-state index in [-0.39, 0.29) is 5.69 Å². The Labute approximate surface area is 249 Å². The van der Waals surface area contributed by atoms with Crippen molar-refractivity contribution in [3.63, 3.8) is 0 Å². The molecule has 2 aliphatic heterocycles. The smallest absolute Gasteiger partial charge is 0.325 e. The van der Waals surface area contributed by atoms with Gasteiger partial charge in [0.1, 0.15) is 11.8 Å². The van der Waals surface area contributed by atoms with Crippen molar-refractivity contribution in [2.24, 2.45) is 5.92 Å². The molecule has 1 N–H and O–H groups in total. The maximum atomic E-state index is 13.8. The average Bonchev–Trinajstić information content (AvgIpc) is 3.40. The van der Waals surface area contributed by atoms with Gasteiger partial charge in [0.2, 0.25) is 17.7 Å². The van der Waals surface area contributed by atoms with Crippen LogP contribution in [-0.2, 0) is 27.1 Å². The van der Waals surface area contributed by atoms with E-state index in [1.54, 1.807) is 36.4 Å². The number of thiazole rings is 1. The number of carbonyl (C=O) groups excluding carboxylic acids is 3. The highest BCUT2D eigenvalue weighted by Gasteiger charge is 2.56. The lowest BCUT2D eigenvalue weighted by Crippen LogP contribution is -2.33. The number of nitrogens with one attached hydrogen (secondary N) is 1. The quantitative estimate of drug-likeness (QED) is 0.273. The second kappa shape index (κ2) is 10.8. The van der Waals surface area contributed by atoms with Crippen LogP contribution in [0.5, 0.6) is 0 Å². The van der Waals surface area contributed by atoms with E-state index < -0.39 is 58.0 Å². The number of nitrogens with zero attached hydrogens (tertiary/aromatic N) is 2. The van der Waals surface area contributed by atoms with Crippen LogP contribution in [0.3, 0.4) is 0 Å². The van der Waals surface area contributed by atoms with Gasteiger partial charge >= 0.3 is 11.0 Å². The average molecular weight is 630 g/mol. The van der Waals surface area contributed by atoms with E-state index in [0.717, 1.165) is 45.7 Å². The summed E-state index contributed by atoms with van der Waals surface area (Å²) in [5.74, 6) is -3.02. The summed E-state index contributed by atoms with van der Waals surface area (Å²) < 4.78 is 40.6. The highest BCUT2D eigenvalue weighted by Crippen LogP contribution is 2.53. The van der Waals surface area contributed by atoms with Gasteiger partial charge in [-0.25, -0.2) is 4.90 Å². The van der Waals surface area contributed by atoms with Crippen molar-refractivity contribution in [2.75, 3.05) is 10.2 Å². The van der Waals surface area contributed by atoms with Crippen LogP contribution in [0.1, 0.15) is 21.9 Å². The zero-order valence-electron chi connectivity index (χ0n) is 21.3. The topological polar surface area (TPSA) is 88.5 Å². The van der Waals surface area contributed by atoms with Crippen molar-refractivity contribution in [1.29, 1.82) is 0 Å². The normalized spacial score (nSPS) is 19.9. The molecule has 2 aliphatic rings. The molecule has 0 aliphatic carbocycles. The molecule has 7 nitrogen and oxygen atoms in total. The van der Waals surface area contributed by atoms with E-state index >= 15 is 0 Å². The lowest BCUT2D eigenvalue weighted by atomic mass is 9.83. The zero-order valence-corrected chi connectivity index (χ0v) is 23.7. The Balaban J connectivity index is 1.36. The highest BCUT2D eigenvalue weighted by atomic mass is 35.5. The second-order valence-electron chi connectivity index (χ2n) is 9.69. The lowest BCUT2D eigenvalue weighted by molar-refractivity contribution is -0.137. The monoisotopic (exact) mass is 629 g/mol. The number of anilines is 2. The Morgan fingerprint density at radius 2 is 1.64 bits per heavy atom. The van der Waals surface area contributed by atoms with Gasteiger partial charge in [0.15, 0.2) is 0 Å². The summed E-state index contributed by atoms with van der Waals surface area (Å²) in [6.07, 6.45) is -4.59. The molecule has 0 bridgehead atoms. The van der Waals surface area contributed by atoms with Gasteiger partial charge in [-0.3, -0.25) is 23.7 Å². The summed E-state index contributed by atoms with van der Waals surface area (Å²) in [6, 6.07) is 19.6. The molecule has 0 spiro atoms. The van der Waals surface area contributed by atoms with Crippen LogP contribution in [0.15, 0.2) is 88.7 Å². The molecule has 1 saturated heterocycles. The third-order valence-corrected chi connectivity index (χ3v) is 9.92. The number of fused-ring (bicyclic) bond motifs is 2. The van der Waals surface area contributed by atoms with Gasteiger partial charge in [-0.15, -0.1) is 0 Å². The molecule has 0 radical (unpaired) electrons. The first-order valence-corrected chi connectivity index (χ1v) is 14.7. The van der Waals surface area contributed by atoms with Crippen molar-refractivity contribution >= 4 is 63.8 Å². The Morgan fingerprint density at radius 1 is 0.929 bits per heavy atom. The van der Waals surface area contributed by atoms with Gasteiger partial charge in [0, 0.05) is 21.5 Å². The molecule has 42 heavy (non-hydrogen) atoms. The number of thioether (sulfide) groups is 1. The number of carbonyl (C=O) groups is 3. The largest absolute Gasteiger partial charge is 0.416 e. The first kappa shape index (κ1) is 28.3. The van der Waals surface area contributed by atoms with E-state index in [0.29, 0.717) is 20.6 Å². The number of hydrogen-bond donors (Lipinski definition) is 1. The molecule has 3 heterocycles. The molecule has 0 saturated carbocycles. The first-order chi connectivity index (χ1) is 20.0. The predicted molar refractivity (Wildman–Crippen MR) is 154 cm³/mol. The molecule has 1 fully saturated rings. The van der Waals surface area contributed by atoms with Crippen LogP contribution >= 0.6 is 34.7 Å². The molecule has 13 heteroatoms. The number of rotatable bonds is 5. The Hall–Kier alpha value is -3.87. The summed E-state index contributed by atoms with van der Waals surface area (Å²) in [5.41, 5.74) is 0.108. The Kier molecular flexibility index (Phi) is 7.24. The molecule has 1 aromatic heterocycles. The molecular weight excluding hydrogens is 611 g/mol. The number of benzene rings is 3. The Bertz CT molecular complexity index is 1770. The number of halogens is 4. The minimum atomic E-state index is -4.59. The van der Waals surface area contributed by atoms with Crippen molar-refractivity contribution in [3.8, 4) is 0 Å². The van der Waals surface area contributed by atoms with Crippen LogP contribution in [-0.4, -0.2) is 27.5 Å². The molecule has 3 aromatic carbocycles. The summed E-state index contributed by atoms with van der Waals surface area (Å²) in [5, 5.41) is 2.36. The first-order valence-electron chi connectivity index (χ1n) is 12.6. The zero-order chi connectivity index (χ0) is 29.8. The van der Waals surface area contributed by atoms with Crippen molar-refractivity contribution in [1.82, 2.24) is 4.57 Å². The van der Waals surface area contributed by atoms with Gasteiger partial charge in [0.05, 0.1) is 22.2 Å². The summed E-state index contributed by atoms with van der Waals surface area (Å²) >= 11 is 7.94. The SMILES string of the molecule is O=C(Cn1c2c(sc1=O)[C@@H](c1ccccc1)[C@@H]1C(=O)N(c3ccc(Cl)cc3)C(=O)[C@@H]1S2)Nc1cccc(C(F)(F)F)c1. The molecule has 6 rings (SSSR count). The highest BCUT2D eigenvalue weighted by molar-refractivity contribution is 8.00. The van der Waals surface area contributed by atoms with E-state index in [9.17, 15) is 32.3 Å². The molecule has 4 aromatic rings. The van der Waals surface area contributed by atoms with Gasteiger partial charge in [-0.05, 0) is 48.0 Å². The standard InChI is InChI=1S/C29H19ClF3N3O4S2/c30-17-9-11-19(12-10-17)36-25(38)22-21(15-5-2-1-3-6-15)24-27(41-23(22)26(36)39)35(28(40)42-24)14-20(37)34-18-8-4-7-16(13-18)29(31,32)33/h1-13,21-23H,14H2,(H,34,37)/t21-,22-,23+/m0/s1.